The smallest absolute Gasteiger partial charge is 0.111 e. The van der Waals surface area contributed by atoms with Crippen LogP contribution in [0.5, 0.6) is 0 Å². The highest BCUT2D eigenvalue weighted by atomic mass is 35.5. The van der Waals surface area contributed by atoms with E-state index in [0.717, 1.165) is 23.4 Å². The Hall–Kier alpha value is -1.57. The van der Waals surface area contributed by atoms with Crippen LogP contribution in [-0.2, 0) is 17.7 Å². The number of hydrogen-bond donors (Lipinski definition) is 0. The number of ether oxygens (including phenoxy) is 1. The summed E-state index contributed by atoms with van der Waals surface area (Å²) in [4.78, 5) is 4.60. The molecule has 0 fully saturated rings. The first-order valence-corrected chi connectivity index (χ1v) is 7.17. The van der Waals surface area contributed by atoms with Crippen LogP contribution in [0.25, 0.3) is 11.0 Å². The van der Waals surface area contributed by atoms with Crippen molar-refractivity contribution in [2.24, 2.45) is 5.92 Å². The van der Waals surface area contributed by atoms with Gasteiger partial charge in [-0.05, 0) is 18.1 Å². The molecule has 1 atom stereocenters. The second kappa shape index (κ2) is 6.74. The van der Waals surface area contributed by atoms with E-state index in [-0.39, 0.29) is 0 Å². The van der Waals surface area contributed by atoms with Gasteiger partial charge in [-0.3, -0.25) is 0 Å². The first-order chi connectivity index (χ1) is 9.71. The SMILES string of the molecule is COCC(C)Cn1c(CCCl)nc2c(C#N)cccc21. The monoisotopic (exact) mass is 291 g/mol. The van der Waals surface area contributed by atoms with Crippen molar-refractivity contribution in [3.05, 3.63) is 29.6 Å². The van der Waals surface area contributed by atoms with Crippen molar-refractivity contribution in [3.63, 3.8) is 0 Å². The molecular weight excluding hydrogens is 274 g/mol. The predicted molar refractivity (Wildman–Crippen MR) is 79.9 cm³/mol. The van der Waals surface area contributed by atoms with Crippen LogP contribution in [0, 0.1) is 17.2 Å². The van der Waals surface area contributed by atoms with Crippen molar-refractivity contribution in [1.82, 2.24) is 9.55 Å². The average Bonchev–Trinajstić information content (AvgIpc) is 2.77. The molecule has 20 heavy (non-hydrogen) atoms. The summed E-state index contributed by atoms with van der Waals surface area (Å²) in [5.74, 6) is 1.82. The number of para-hydroxylation sites is 1. The van der Waals surface area contributed by atoms with Crippen molar-refractivity contribution in [2.45, 2.75) is 19.9 Å². The first-order valence-electron chi connectivity index (χ1n) is 6.64. The van der Waals surface area contributed by atoms with E-state index in [2.05, 4.69) is 22.5 Å². The highest BCUT2D eigenvalue weighted by Crippen LogP contribution is 2.21. The lowest BCUT2D eigenvalue weighted by Gasteiger charge is -2.14. The van der Waals surface area contributed by atoms with E-state index in [1.165, 1.54) is 0 Å². The molecule has 0 aliphatic carbocycles. The van der Waals surface area contributed by atoms with E-state index in [1.54, 1.807) is 13.2 Å². The van der Waals surface area contributed by atoms with Crippen LogP contribution in [0.2, 0.25) is 0 Å². The molecule has 1 aromatic carbocycles. The number of nitriles is 1. The highest BCUT2D eigenvalue weighted by Gasteiger charge is 2.15. The number of rotatable bonds is 6. The van der Waals surface area contributed by atoms with Gasteiger partial charge < -0.3 is 9.30 Å². The summed E-state index contributed by atoms with van der Waals surface area (Å²) in [5.41, 5.74) is 2.36. The molecule has 0 amide bonds. The molecule has 2 aromatic rings. The van der Waals surface area contributed by atoms with E-state index >= 15 is 0 Å². The molecule has 1 heterocycles. The summed E-state index contributed by atoms with van der Waals surface area (Å²) >= 11 is 5.86. The third kappa shape index (κ3) is 2.95. The number of nitrogens with zero attached hydrogens (tertiary/aromatic N) is 3. The van der Waals surface area contributed by atoms with Gasteiger partial charge in [-0.2, -0.15) is 5.26 Å². The minimum Gasteiger partial charge on any atom is -0.384 e. The van der Waals surface area contributed by atoms with Crippen molar-refractivity contribution >= 4 is 22.6 Å². The van der Waals surface area contributed by atoms with E-state index in [0.29, 0.717) is 30.4 Å². The number of methoxy groups -OCH3 is 1. The zero-order valence-corrected chi connectivity index (χ0v) is 12.5. The molecular formula is C15H18ClN3O. The largest absolute Gasteiger partial charge is 0.384 e. The van der Waals surface area contributed by atoms with Gasteiger partial charge in [0.25, 0.3) is 0 Å². The number of aromatic nitrogens is 2. The molecule has 0 saturated heterocycles. The highest BCUT2D eigenvalue weighted by molar-refractivity contribution is 6.17. The molecule has 4 nitrogen and oxygen atoms in total. The summed E-state index contributed by atoms with van der Waals surface area (Å²) in [6.45, 7) is 3.64. The van der Waals surface area contributed by atoms with Crippen LogP contribution in [-0.4, -0.2) is 29.1 Å². The van der Waals surface area contributed by atoms with Crippen LogP contribution in [0.1, 0.15) is 18.3 Å². The molecule has 2 rings (SSSR count). The van der Waals surface area contributed by atoms with Crippen molar-refractivity contribution in [1.29, 1.82) is 5.26 Å². The van der Waals surface area contributed by atoms with Crippen molar-refractivity contribution in [2.75, 3.05) is 19.6 Å². The van der Waals surface area contributed by atoms with Crippen LogP contribution >= 0.6 is 11.6 Å². The Labute approximate surface area is 123 Å². The Bertz CT molecular complexity index is 630. The Morgan fingerprint density at radius 1 is 1.50 bits per heavy atom. The lowest BCUT2D eigenvalue weighted by atomic mass is 10.1. The fourth-order valence-electron chi connectivity index (χ4n) is 2.41. The van der Waals surface area contributed by atoms with Gasteiger partial charge in [0, 0.05) is 26.0 Å². The Kier molecular flexibility index (Phi) is 4.99. The fraction of sp³-hybridized carbons (Fsp3) is 0.467. The Morgan fingerprint density at radius 3 is 2.95 bits per heavy atom. The molecule has 0 aliphatic heterocycles. The minimum absolute atomic E-state index is 0.372. The predicted octanol–water partition coefficient (Wildman–Crippen LogP) is 2.97. The summed E-state index contributed by atoms with van der Waals surface area (Å²) in [5, 5.41) is 9.19. The lowest BCUT2D eigenvalue weighted by Crippen LogP contribution is -2.15. The maximum Gasteiger partial charge on any atom is 0.111 e. The maximum atomic E-state index is 9.19. The van der Waals surface area contributed by atoms with E-state index in [9.17, 15) is 5.26 Å². The molecule has 0 N–H and O–H groups in total. The second-order valence-electron chi connectivity index (χ2n) is 4.92. The lowest BCUT2D eigenvalue weighted by molar-refractivity contribution is 0.151. The number of aryl methyl sites for hydroxylation is 1. The van der Waals surface area contributed by atoms with E-state index < -0.39 is 0 Å². The van der Waals surface area contributed by atoms with Gasteiger partial charge in [-0.25, -0.2) is 4.98 Å². The number of halogens is 1. The van der Waals surface area contributed by atoms with Gasteiger partial charge in [0.2, 0.25) is 0 Å². The summed E-state index contributed by atoms with van der Waals surface area (Å²) < 4.78 is 7.35. The third-order valence-corrected chi connectivity index (χ3v) is 3.43. The van der Waals surface area contributed by atoms with Gasteiger partial charge in [0.1, 0.15) is 17.4 Å². The van der Waals surface area contributed by atoms with Gasteiger partial charge >= 0.3 is 0 Å². The van der Waals surface area contributed by atoms with E-state index in [1.807, 2.05) is 12.1 Å². The van der Waals surface area contributed by atoms with Gasteiger partial charge in [0.15, 0.2) is 0 Å². The van der Waals surface area contributed by atoms with Gasteiger partial charge in [-0.15, -0.1) is 11.6 Å². The van der Waals surface area contributed by atoms with E-state index in [4.69, 9.17) is 16.3 Å². The number of fused-ring (bicyclic) bond motifs is 1. The molecule has 0 bridgehead atoms. The number of benzene rings is 1. The fourth-order valence-corrected chi connectivity index (χ4v) is 2.58. The average molecular weight is 292 g/mol. The summed E-state index contributed by atoms with van der Waals surface area (Å²) in [7, 11) is 1.70. The number of hydrogen-bond acceptors (Lipinski definition) is 3. The molecule has 5 heteroatoms. The molecule has 0 aliphatic rings. The van der Waals surface area contributed by atoms with Gasteiger partial charge in [0.05, 0.1) is 17.7 Å². The molecule has 0 saturated carbocycles. The molecule has 1 unspecified atom stereocenters. The van der Waals surface area contributed by atoms with Crippen LogP contribution < -0.4 is 0 Å². The zero-order valence-electron chi connectivity index (χ0n) is 11.8. The zero-order chi connectivity index (χ0) is 14.5. The van der Waals surface area contributed by atoms with Crippen LogP contribution in [0.15, 0.2) is 18.2 Å². The van der Waals surface area contributed by atoms with Crippen LogP contribution in [0.3, 0.4) is 0 Å². The number of alkyl halides is 1. The first kappa shape index (κ1) is 14.8. The van der Waals surface area contributed by atoms with Crippen LogP contribution in [0.4, 0.5) is 0 Å². The maximum absolute atomic E-state index is 9.19. The second-order valence-corrected chi connectivity index (χ2v) is 5.30. The van der Waals surface area contributed by atoms with Gasteiger partial charge in [-0.1, -0.05) is 13.0 Å². The Balaban J connectivity index is 2.49. The minimum atomic E-state index is 0.372. The van der Waals surface area contributed by atoms with Crippen molar-refractivity contribution < 1.29 is 4.74 Å². The molecule has 0 spiro atoms. The molecule has 1 aromatic heterocycles. The normalized spacial score (nSPS) is 12.5. The Morgan fingerprint density at radius 2 is 2.30 bits per heavy atom. The third-order valence-electron chi connectivity index (χ3n) is 3.24. The summed E-state index contributed by atoms with van der Waals surface area (Å²) in [6.07, 6.45) is 0.695. The number of imidazole rings is 1. The summed E-state index contributed by atoms with van der Waals surface area (Å²) in [6, 6.07) is 7.89. The molecule has 106 valence electrons. The van der Waals surface area contributed by atoms with Crippen molar-refractivity contribution in [3.8, 4) is 6.07 Å². The standard InChI is InChI=1S/C15H18ClN3O/c1-11(10-20-2)9-19-13-5-3-4-12(8-17)15(13)18-14(19)6-7-16/h3-5,11H,6-7,9-10H2,1-2H3. The molecule has 0 radical (unpaired) electrons. The quantitative estimate of drug-likeness (QED) is 0.769. The topological polar surface area (TPSA) is 50.8 Å².